The molecule has 1 unspecified atom stereocenters. The monoisotopic (exact) mass is 287 g/mol. The van der Waals surface area contributed by atoms with Gasteiger partial charge in [0.25, 0.3) is 0 Å². The van der Waals surface area contributed by atoms with Crippen LogP contribution in [0.4, 0.5) is 13.2 Å². The van der Waals surface area contributed by atoms with Crippen LogP contribution < -0.4 is 5.32 Å². The van der Waals surface area contributed by atoms with Crippen molar-refractivity contribution in [2.24, 2.45) is 5.92 Å². The number of hydrogen-bond donors (Lipinski definition) is 1. The largest absolute Gasteiger partial charge is 0.389 e. The Morgan fingerprint density at radius 1 is 1.20 bits per heavy atom. The van der Waals surface area contributed by atoms with Crippen LogP contribution in [0.25, 0.3) is 0 Å². The quantitative estimate of drug-likeness (QED) is 0.753. The van der Waals surface area contributed by atoms with Gasteiger partial charge in [-0.1, -0.05) is 45.0 Å². The van der Waals surface area contributed by atoms with Crippen molar-refractivity contribution in [3.8, 4) is 0 Å². The van der Waals surface area contributed by atoms with Crippen molar-refractivity contribution in [2.45, 2.75) is 52.3 Å². The van der Waals surface area contributed by atoms with Crippen LogP contribution in [0, 0.1) is 5.92 Å². The van der Waals surface area contributed by atoms with Crippen molar-refractivity contribution >= 4 is 0 Å². The third-order valence-electron chi connectivity index (χ3n) is 3.16. The van der Waals surface area contributed by atoms with Gasteiger partial charge in [-0.25, -0.2) is 0 Å². The standard InChI is InChI=1S/C16H24F3N/c1-4-20-15(8-9-16(17,18)19)14-7-5-6-13(11-14)10-12(2)3/h5-7,11-12,15,20H,4,8-10H2,1-3H3. The third kappa shape index (κ3) is 6.42. The maximum absolute atomic E-state index is 12.4. The van der Waals surface area contributed by atoms with Crippen LogP contribution in [-0.2, 0) is 6.42 Å². The van der Waals surface area contributed by atoms with Crippen LogP contribution in [0.1, 0.15) is 50.8 Å². The predicted octanol–water partition coefficient (Wildman–Crippen LogP) is 4.88. The molecule has 1 atom stereocenters. The minimum atomic E-state index is -4.09. The van der Waals surface area contributed by atoms with Gasteiger partial charge in [-0.05, 0) is 36.4 Å². The lowest BCUT2D eigenvalue weighted by Gasteiger charge is -2.20. The van der Waals surface area contributed by atoms with Crippen LogP contribution >= 0.6 is 0 Å². The first-order valence-electron chi connectivity index (χ1n) is 7.20. The Labute approximate surface area is 119 Å². The molecule has 0 spiro atoms. The van der Waals surface area contributed by atoms with Crippen molar-refractivity contribution in [1.29, 1.82) is 0 Å². The first-order chi connectivity index (χ1) is 9.31. The summed E-state index contributed by atoms with van der Waals surface area (Å²) in [5.74, 6) is 0.540. The zero-order valence-electron chi connectivity index (χ0n) is 12.4. The van der Waals surface area contributed by atoms with Gasteiger partial charge in [0, 0.05) is 12.5 Å². The summed E-state index contributed by atoms with van der Waals surface area (Å²) >= 11 is 0. The highest BCUT2D eigenvalue weighted by atomic mass is 19.4. The van der Waals surface area contributed by atoms with E-state index in [9.17, 15) is 13.2 Å². The highest BCUT2D eigenvalue weighted by Crippen LogP contribution is 2.28. The number of alkyl halides is 3. The van der Waals surface area contributed by atoms with Gasteiger partial charge in [-0.2, -0.15) is 13.2 Å². The Balaban J connectivity index is 2.80. The van der Waals surface area contributed by atoms with E-state index in [0.29, 0.717) is 12.5 Å². The molecule has 0 radical (unpaired) electrons. The van der Waals surface area contributed by atoms with E-state index >= 15 is 0 Å². The molecule has 20 heavy (non-hydrogen) atoms. The maximum atomic E-state index is 12.4. The summed E-state index contributed by atoms with van der Waals surface area (Å²) in [4.78, 5) is 0. The fourth-order valence-electron chi connectivity index (χ4n) is 2.35. The van der Waals surface area contributed by atoms with E-state index in [4.69, 9.17) is 0 Å². The molecule has 4 heteroatoms. The van der Waals surface area contributed by atoms with Crippen LogP contribution in [0.2, 0.25) is 0 Å². The molecule has 1 nitrogen and oxygen atoms in total. The molecule has 1 aromatic rings. The first-order valence-corrected chi connectivity index (χ1v) is 7.20. The number of nitrogens with one attached hydrogen (secondary N) is 1. The topological polar surface area (TPSA) is 12.0 Å². The molecule has 1 rings (SSSR count). The number of hydrogen-bond acceptors (Lipinski definition) is 1. The molecule has 0 heterocycles. The third-order valence-corrected chi connectivity index (χ3v) is 3.16. The molecule has 0 aliphatic carbocycles. The SMILES string of the molecule is CCNC(CCC(F)(F)F)c1cccc(CC(C)C)c1. The van der Waals surface area contributed by atoms with E-state index in [2.05, 4.69) is 19.2 Å². The summed E-state index contributed by atoms with van der Waals surface area (Å²) in [6.07, 6.45) is -3.81. The number of rotatable bonds is 7. The molecule has 0 aliphatic heterocycles. The molecule has 0 aromatic heterocycles. The van der Waals surface area contributed by atoms with Crippen LogP contribution in [0.3, 0.4) is 0 Å². The molecule has 0 fully saturated rings. The Morgan fingerprint density at radius 3 is 2.45 bits per heavy atom. The summed E-state index contributed by atoms with van der Waals surface area (Å²) in [6, 6.07) is 7.69. The molecule has 0 amide bonds. The van der Waals surface area contributed by atoms with Crippen LogP contribution in [0.5, 0.6) is 0 Å². The number of halogens is 3. The summed E-state index contributed by atoms with van der Waals surface area (Å²) in [5.41, 5.74) is 2.14. The molecule has 1 N–H and O–H groups in total. The van der Waals surface area contributed by atoms with E-state index in [1.54, 1.807) is 0 Å². The lowest BCUT2D eigenvalue weighted by Crippen LogP contribution is -2.23. The van der Waals surface area contributed by atoms with Gasteiger partial charge in [0.15, 0.2) is 0 Å². The average molecular weight is 287 g/mol. The van der Waals surface area contributed by atoms with Crippen molar-refractivity contribution in [1.82, 2.24) is 5.32 Å². The molecule has 0 bridgehead atoms. The van der Waals surface area contributed by atoms with E-state index in [0.717, 1.165) is 12.0 Å². The Morgan fingerprint density at radius 2 is 1.90 bits per heavy atom. The molecule has 0 saturated carbocycles. The van der Waals surface area contributed by atoms with Gasteiger partial charge in [-0.15, -0.1) is 0 Å². The second-order valence-corrected chi connectivity index (χ2v) is 5.61. The normalized spacial score (nSPS) is 13.8. The van der Waals surface area contributed by atoms with Gasteiger partial charge in [0.2, 0.25) is 0 Å². The van der Waals surface area contributed by atoms with Crippen LogP contribution in [-0.4, -0.2) is 12.7 Å². The summed E-state index contributed by atoms with van der Waals surface area (Å²) in [7, 11) is 0. The van der Waals surface area contributed by atoms with E-state index < -0.39 is 12.6 Å². The van der Waals surface area contributed by atoms with Crippen molar-refractivity contribution in [3.05, 3.63) is 35.4 Å². The van der Waals surface area contributed by atoms with Crippen molar-refractivity contribution in [3.63, 3.8) is 0 Å². The Bertz CT molecular complexity index is 399. The molecular formula is C16H24F3N. The fraction of sp³-hybridized carbons (Fsp3) is 0.625. The van der Waals surface area contributed by atoms with Gasteiger partial charge in [0.05, 0.1) is 0 Å². The smallest absolute Gasteiger partial charge is 0.310 e. The predicted molar refractivity (Wildman–Crippen MR) is 76.7 cm³/mol. The minimum absolute atomic E-state index is 0.0858. The second kappa shape index (κ2) is 7.67. The lowest BCUT2D eigenvalue weighted by molar-refractivity contribution is -0.136. The van der Waals surface area contributed by atoms with E-state index in [1.807, 2.05) is 31.2 Å². The lowest BCUT2D eigenvalue weighted by atomic mass is 9.96. The van der Waals surface area contributed by atoms with Gasteiger partial charge in [-0.3, -0.25) is 0 Å². The van der Waals surface area contributed by atoms with E-state index in [-0.39, 0.29) is 12.5 Å². The van der Waals surface area contributed by atoms with Gasteiger partial charge >= 0.3 is 6.18 Å². The van der Waals surface area contributed by atoms with Gasteiger partial charge in [0.1, 0.15) is 0 Å². The van der Waals surface area contributed by atoms with Crippen LogP contribution in [0.15, 0.2) is 24.3 Å². The zero-order chi connectivity index (χ0) is 15.2. The van der Waals surface area contributed by atoms with E-state index in [1.165, 1.54) is 5.56 Å². The molecule has 0 aliphatic rings. The number of benzene rings is 1. The molecule has 0 saturated heterocycles. The molecule has 114 valence electrons. The molecular weight excluding hydrogens is 263 g/mol. The summed E-state index contributed by atoms with van der Waals surface area (Å²) in [6.45, 7) is 6.85. The second-order valence-electron chi connectivity index (χ2n) is 5.61. The highest BCUT2D eigenvalue weighted by molar-refractivity contribution is 5.26. The Hall–Kier alpha value is -1.03. The van der Waals surface area contributed by atoms with Crippen molar-refractivity contribution in [2.75, 3.05) is 6.54 Å². The summed E-state index contributed by atoms with van der Waals surface area (Å²) in [5, 5.41) is 3.15. The first kappa shape index (κ1) is 17.0. The molecule has 1 aromatic carbocycles. The zero-order valence-corrected chi connectivity index (χ0v) is 12.4. The van der Waals surface area contributed by atoms with Gasteiger partial charge < -0.3 is 5.32 Å². The van der Waals surface area contributed by atoms with Crippen molar-refractivity contribution < 1.29 is 13.2 Å². The highest BCUT2D eigenvalue weighted by Gasteiger charge is 2.28. The maximum Gasteiger partial charge on any atom is 0.389 e. The minimum Gasteiger partial charge on any atom is -0.310 e. The fourth-order valence-corrected chi connectivity index (χ4v) is 2.35. The Kier molecular flexibility index (Phi) is 6.53. The average Bonchev–Trinajstić information content (AvgIpc) is 2.33. The summed E-state index contributed by atoms with van der Waals surface area (Å²) < 4.78 is 37.2.